The van der Waals surface area contributed by atoms with Crippen LogP contribution in [0.15, 0.2) is 48.5 Å². The fourth-order valence-corrected chi connectivity index (χ4v) is 4.77. The molecule has 0 amide bonds. The first-order valence-electron chi connectivity index (χ1n) is 10.2. The third kappa shape index (κ3) is 4.17. The van der Waals surface area contributed by atoms with Gasteiger partial charge in [-0.15, -0.1) is 0 Å². The largest absolute Gasteiger partial charge is 0.0622 e. The van der Waals surface area contributed by atoms with Crippen LogP contribution in [-0.2, 0) is 12.8 Å². The van der Waals surface area contributed by atoms with Gasteiger partial charge in [-0.1, -0.05) is 76.2 Å². The Balaban J connectivity index is 0.000000146. The topological polar surface area (TPSA) is 0 Å². The summed E-state index contributed by atoms with van der Waals surface area (Å²) in [6, 6.07) is 17.9. The van der Waals surface area contributed by atoms with Crippen LogP contribution >= 0.6 is 0 Å². The van der Waals surface area contributed by atoms with Crippen LogP contribution in [0.25, 0.3) is 0 Å². The Morgan fingerprint density at radius 1 is 0.640 bits per heavy atom. The van der Waals surface area contributed by atoms with E-state index in [2.05, 4.69) is 76.2 Å². The lowest BCUT2D eigenvalue weighted by molar-refractivity contribution is 0.433. The molecule has 0 fully saturated rings. The summed E-state index contributed by atoms with van der Waals surface area (Å²) in [6.45, 7) is 9.33. The van der Waals surface area contributed by atoms with Gasteiger partial charge in [-0.05, 0) is 78.0 Å². The lowest BCUT2D eigenvalue weighted by atomic mass is 9.77. The quantitative estimate of drug-likeness (QED) is 0.547. The van der Waals surface area contributed by atoms with E-state index in [1.165, 1.54) is 32.1 Å². The Kier molecular flexibility index (Phi) is 5.99. The highest BCUT2D eigenvalue weighted by Gasteiger charge is 2.24. The highest BCUT2D eigenvalue weighted by molar-refractivity contribution is 5.35. The van der Waals surface area contributed by atoms with Crippen molar-refractivity contribution in [3.63, 3.8) is 0 Å². The van der Waals surface area contributed by atoms with Crippen LogP contribution < -0.4 is 0 Å². The van der Waals surface area contributed by atoms with Crippen LogP contribution in [0.4, 0.5) is 0 Å². The zero-order chi connectivity index (χ0) is 17.8. The Morgan fingerprint density at radius 2 is 1.12 bits per heavy atom. The fourth-order valence-electron chi connectivity index (χ4n) is 4.77. The molecule has 0 radical (unpaired) electrons. The lowest BCUT2D eigenvalue weighted by Gasteiger charge is -2.28. The third-order valence-electron chi connectivity index (χ3n) is 6.20. The summed E-state index contributed by atoms with van der Waals surface area (Å²) in [5.41, 5.74) is 6.39. The van der Waals surface area contributed by atoms with Crippen molar-refractivity contribution in [3.05, 3.63) is 70.8 Å². The number of hydrogen-bond acceptors (Lipinski definition) is 0. The summed E-state index contributed by atoms with van der Waals surface area (Å²) in [5, 5.41) is 0. The number of rotatable bonds is 2. The van der Waals surface area contributed by atoms with Crippen LogP contribution in [0.3, 0.4) is 0 Å². The lowest BCUT2D eigenvalue weighted by Crippen LogP contribution is -2.14. The van der Waals surface area contributed by atoms with Gasteiger partial charge in [-0.2, -0.15) is 0 Å². The second-order valence-electron chi connectivity index (χ2n) is 8.53. The molecule has 2 aromatic rings. The van der Waals surface area contributed by atoms with Gasteiger partial charge in [0, 0.05) is 0 Å². The van der Waals surface area contributed by atoms with E-state index in [9.17, 15) is 0 Å². The van der Waals surface area contributed by atoms with Gasteiger partial charge in [0.2, 0.25) is 0 Å². The van der Waals surface area contributed by atoms with Gasteiger partial charge < -0.3 is 0 Å². The molecule has 134 valence electrons. The molecule has 25 heavy (non-hydrogen) atoms. The maximum atomic E-state index is 2.34. The molecular formula is C25H34. The first-order valence-corrected chi connectivity index (χ1v) is 10.2. The maximum Gasteiger partial charge on any atom is -0.0133 e. The molecule has 2 aliphatic carbocycles. The number of aryl methyl sites for hydroxylation is 2. The average molecular weight is 335 g/mol. The van der Waals surface area contributed by atoms with Crippen LogP contribution in [-0.4, -0.2) is 0 Å². The van der Waals surface area contributed by atoms with Gasteiger partial charge in [0.05, 0.1) is 0 Å². The maximum absolute atomic E-state index is 2.34. The average Bonchev–Trinajstić information content (AvgIpc) is 3.06. The molecule has 2 aromatic carbocycles. The highest BCUT2D eigenvalue weighted by atomic mass is 14.3. The van der Waals surface area contributed by atoms with Gasteiger partial charge in [0.25, 0.3) is 0 Å². The molecule has 0 spiro atoms. The number of fused-ring (bicyclic) bond motifs is 2. The van der Waals surface area contributed by atoms with E-state index in [4.69, 9.17) is 0 Å². The molecule has 4 rings (SSSR count). The van der Waals surface area contributed by atoms with Gasteiger partial charge in [-0.3, -0.25) is 0 Å². The van der Waals surface area contributed by atoms with E-state index in [0.717, 1.165) is 23.7 Å². The van der Waals surface area contributed by atoms with Gasteiger partial charge in [0.1, 0.15) is 0 Å². The molecule has 0 aliphatic heterocycles. The third-order valence-corrected chi connectivity index (χ3v) is 6.20. The van der Waals surface area contributed by atoms with E-state index in [-0.39, 0.29) is 0 Å². The molecular weight excluding hydrogens is 300 g/mol. The van der Waals surface area contributed by atoms with Crippen LogP contribution in [0, 0.1) is 11.8 Å². The highest BCUT2D eigenvalue weighted by Crippen LogP contribution is 2.38. The van der Waals surface area contributed by atoms with Crippen LogP contribution in [0.5, 0.6) is 0 Å². The minimum absolute atomic E-state index is 0.793. The first kappa shape index (κ1) is 18.2. The van der Waals surface area contributed by atoms with E-state index >= 15 is 0 Å². The van der Waals surface area contributed by atoms with Crippen LogP contribution in [0.2, 0.25) is 0 Å². The molecule has 0 heteroatoms. The van der Waals surface area contributed by atoms with E-state index in [0.29, 0.717) is 0 Å². The van der Waals surface area contributed by atoms with Crippen molar-refractivity contribution in [3.8, 4) is 0 Å². The summed E-state index contributed by atoms with van der Waals surface area (Å²) < 4.78 is 0. The van der Waals surface area contributed by atoms with Crippen molar-refractivity contribution in [2.24, 2.45) is 11.8 Å². The zero-order valence-corrected chi connectivity index (χ0v) is 16.5. The molecule has 0 saturated carbocycles. The SMILES string of the molecule is CC(C)[C@@H]1CCCc2ccccc21.CC(C)[C@@H]1CCc2ccccc21. The molecule has 0 heterocycles. The van der Waals surface area contributed by atoms with Crippen molar-refractivity contribution in [1.82, 2.24) is 0 Å². The number of benzene rings is 2. The van der Waals surface area contributed by atoms with Gasteiger partial charge in [-0.25, -0.2) is 0 Å². The van der Waals surface area contributed by atoms with Crippen molar-refractivity contribution < 1.29 is 0 Å². The normalized spacial score (nSPS) is 21.5. The molecule has 0 unspecified atom stereocenters. The minimum atomic E-state index is 0.793. The Bertz CT molecular complexity index is 680. The molecule has 2 atom stereocenters. The fraction of sp³-hybridized carbons (Fsp3) is 0.520. The molecule has 0 bridgehead atoms. The Hall–Kier alpha value is -1.56. The molecule has 0 saturated heterocycles. The smallest absolute Gasteiger partial charge is 0.0133 e. The Morgan fingerprint density at radius 3 is 1.68 bits per heavy atom. The van der Waals surface area contributed by atoms with Crippen molar-refractivity contribution in [2.45, 2.75) is 71.6 Å². The van der Waals surface area contributed by atoms with Crippen molar-refractivity contribution in [1.29, 1.82) is 0 Å². The van der Waals surface area contributed by atoms with Crippen LogP contribution in [0.1, 0.15) is 81.0 Å². The molecule has 0 N–H and O–H groups in total. The predicted molar refractivity (Wildman–Crippen MR) is 109 cm³/mol. The van der Waals surface area contributed by atoms with Crippen molar-refractivity contribution >= 4 is 0 Å². The summed E-state index contributed by atoms with van der Waals surface area (Å²) in [6.07, 6.45) is 6.70. The predicted octanol–water partition coefficient (Wildman–Crippen LogP) is 7.13. The monoisotopic (exact) mass is 334 g/mol. The number of hydrogen-bond donors (Lipinski definition) is 0. The first-order chi connectivity index (χ1) is 12.1. The summed E-state index contributed by atoms with van der Waals surface area (Å²) in [7, 11) is 0. The van der Waals surface area contributed by atoms with Crippen molar-refractivity contribution in [2.75, 3.05) is 0 Å². The Labute approximate surface area is 154 Å². The van der Waals surface area contributed by atoms with Gasteiger partial charge in [0.15, 0.2) is 0 Å². The molecule has 2 aliphatic rings. The zero-order valence-electron chi connectivity index (χ0n) is 16.5. The summed E-state index contributed by atoms with van der Waals surface area (Å²) in [4.78, 5) is 0. The van der Waals surface area contributed by atoms with E-state index in [1.807, 2.05) is 0 Å². The summed E-state index contributed by atoms with van der Waals surface area (Å²) in [5.74, 6) is 3.22. The van der Waals surface area contributed by atoms with Gasteiger partial charge >= 0.3 is 0 Å². The molecule has 0 nitrogen and oxygen atoms in total. The summed E-state index contributed by atoms with van der Waals surface area (Å²) >= 11 is 0. The van der Waals surface area contributed by atoms with E-state index in [1.54, 1.807) is 22.3 Å². The second-order valence-corrected chi connectivity index (χ2v) is 8.53. The minimum Gasteiger partial charge on any atom is -0.0622 e. The van der Waals surface area contributed by atoms with E-state index < -0.39 is 0 Å². The second kappa shape index (κ2) is 8.21. The standard InChI is InChI=1S/C13H18.C12H16/c1-10(2)12-9-5-7-11-6-3-4-8-13(11)12;1-9(2)11-8-7-10-5-3-4-6-12(10)11/h3-4,6,8,10,12H,5,7,9H2,1-2H3;3-6,9,11H,7-8H2,1-2H3/t12-;11-/m00/s1. The molecule has 0 aromatic heterocycles.